The zero-order valence-electron chi connectivity index (χ0n) is 17.7. The highest BCUT2D eigenvalue weighted by atomic mass is 16.5. The van der Waals surface area contributed by atoms with E-state index in [0.717, 1.165) is 50.1 Å². The zero-order chi connectivity index (χ0) is 21.2. The monoisotopic (exact) mass is 410 g/mol. The van der Waals surface area contributed by atoms with Gasteiger partial charge >= 0.3 is 0 Å². The number of aliphatic imine (C=N–C) groups is 1. The minimum atomic E-state index is -0.131. The van der Waals surface area contributed by atoms with Gasteiger partial charge in [0.25, 0.3) is 5.91 Å². The van der Waals surface area contributed by atoms with Gasteiger partial charge in [0.1, 0.15) is 5.75 Å². The SMILES string of the molecule is CCNC(=NCCNC(=O)c1cccnc1)N1CCN(c2ccccc2OC)CC1. The van der Waals surface area contributed by atoms with Crippen molar-refractivity contribution in [2.75, 3.05) is 57.8 Å². The van der Waals surface area contributed by atoms with Gasteiger partial charge in [-0.2, -0.15) is 0 Å². The summed E-state index contributed by atoms with van der Waals surface area (Å²) in [4.78, 5) is 25.4. The average molecular weight is 411 g/mol. The number of guanidine groups is 1. The van der Waals surface area contributed by atoms with Gasteiger partial charge in [-0.1, -0.05) is 12.1 Å². The molecule has 1 fully saturated rings. The van der Waals surface area contributed by atoms with Crippen LogP contribution < -0.4 is 20.3 Å². The van der Waals surface area contributed by atoms with Crippen LogP contribution in [-0.2, 0) is 0 Å². The predicted molar refractivity (Wildman–Crippen MR) is 119 cm³/mol. The van der Waals surface area contributed by atoms with Crippen LogP contribution in [-0.4, -0.2) is 74.7 Å². The maximum atomic E-state index is 12.1. The van der Waals surface area contributed by atoms with E-state index >= 15 is 0 Å². The van der Waals surface area contributed by atoms with E-state index in [1.165, 1.54) is 0 Å². The molecule has 0 unspecified atom stereocenters. The number of hydrogen-bond acceptors (Lipinski definition) is 5. The molecule has 0 aliphatic carbocycles. The van der Waals surface area contributed by atoms with Gasteiger partial charge in [0.2, 0.25) is 0 Å². The molecule has 2 aromatic rings. The van der Waals surface area contributed by atoms with Crippen molar-refractivity contribution in [2.45, 2.75) is 6.92 Å². The number of amides is 1. The van der Waals surface area contributed by atoms with Gasteiger partial charge in [-0.05, 0) is 31.2 Å². The van der Waals surface area contributed by atoms with Crippen molar-refractivity contribution in [1.29, 1.82) is 0 Å². The summed E-state index contributed by atoms with van der Waals surface area (Å²) in [5, 5.41) is 6.25. The first-order valence-corrected chi connectivity index (χ1v) is 10.3. The lowest BCUT2D eigenvalue weighted by Crippen LogP contribution is -2.52. The van der Waals surface area contributed by atoms with E-state index in [0.29, 0.717) is 18.7 Å². The van der Waals surface area contributed by atoms with Gasteiger partial charge < -0.3 is 25.2 Å². The third-order valence-electron chi connectivity index (χ3n) is 4.92. The maximum Gasteiger partial charge on any atom is 0.252 e. The first kappa shape index (κ1) is 21.4. The van der Waals surface area contributed by atoms with Gasteiger partial charge in [-0.3, -0.25) is 14.8 Å². The van der Waals surface area contributed by atoms with Crippen LogP contribution in [0.15, 0.2) is 53.8 Å². The number of nitrogens with one attached hydrogen (secondary N) is 2. The molecule has 30 heavy (non-hydrogen) atoms. The number of carbonyl (C=O) groups is 1. The van der Waals surface area contributed by atoms with Crippen LogP contribution >= 0.6 is 0 Å². The maximum absolute atomic E-state index is 12.1. The summed E-state index contributed by atoms with van der Waals surface area (Å²) in [6.45, 7) is 7.37. The number of benzene rings is 1. The van der Waals surface area contributed by atoms with Crippen LogP contribution in [0.2, 0.25) is 0 Å². The van der Waals surface area contributed by atoms with Crippen molar-refractivity contribution in [3.05, 3.63) is 54.4 Å². The molecule has 1 aromatic carbocycles. The highest BCUT2D eigenvalue weighted by Gasteiger charge is 2.21. The molecule has 3 rings (SSSR count). The molecule has 8 heteroatoms. The van der Waals surface area contributed by atoms with E-state index in [9.17, 15) is 4.79 Å². The molecule has 1 saturated heterocycles. The largest absolute Gasteiger partial charge is 0.495 e. The van der Waals surface area contributed by atoms with Crippen molar-refractivity contribution in [1.82, 2.24) is 20.5 Å². The highest BCUT2D eigenvalue weighted by molar-refractivity contribution is 5.93. The summed E-state index contributed by atoms with van der Waals surface area (Å²) in [5.41, 5.74) is 1.68. The number of para-hydroxylation sites is 2. The summed E-state index contributed by atoms with van der Waals surface area (Å²) < 4.78 is 5.50. The number of pyridine rings is 1. The Morgan fingerprint density at radius 2 is 1.93 bits per heavy atom. The van der Waals surface area contributed by atoms with Crippen molar-refractivity contribution in [3.8, 4) is 5.75 Å². The molecule has 160 valence electrons. The van der Waals surface area contributed by atoms with Crippen LogP contribution in [0, 0.1) is 0 Å². The summed E-state index contributed by atoms with van der Waals surface area (Å²) in [6.07, 6.45) is 3.21. The number of carbonyl (C=O) groups excluding carboxylic acids is 1. The summed E-state index contributed by atoms with van der Waals surface area (Å²) >= 11 is 0. The van der Waals surface area contributed by atoms with Gasteiger partial charge in [0, 0.05) is 51.7 Å². The molecular weight excluding hydrogens is 380 g/mol. The topological polar surface area (TPSA) is 82.1 Å². The molecule has 2 heterocycles. The van der Waals surface area contributed by atoms with Crippen LogP contribution in [0.5, 0.6) is 5.75 Å². The van der Waals surface area contributed by atoms with Crippen LogP contribution in [0.3, 0.4) is 0 Å². The Morgan fingerprint density at radius 3 is 2.63 bits per heavy atom. The Kier molecular flexibility index (Phi) is 7.88. The van der Waals surface area contributed by atoms with E-state index in [1.54, 1.807) is 31.6 Å². The molecule has 0 spiro atoms. The Labute approximate surface area is 178 Å². The van der Waals surface area contributed by atoms with Gasteiger partial charge in [-0.15, -0.1) is 0 Å². The van der Waals surface area contributed by atoms with E-state index in [1.807, 2.05) is 18.2 Å². The summed E-state index contributed by atoms with van der Waals surface area (Å²) in [5.74, 6) is 1.65. The van der Waals surface area contributed by atoms with Crippen molar-refractivity contribution < 1.29 is 9.53 Å². The molecule has 1 aliphatic heterocycles. The second-order valence-electron chi connectivity index (χ2n) is 6.88. The second kappa shape index (κ2) is 11.0. The third kappa shape index (κ3) is 5.62. The number of methoxy groups -OCH3 is 1. The molecule has 0 saturated carbocycles. The fourth-order valence-corrected chi connectivity index (χ4v) is 3.41. The smallest absolute Gasteiger partial charge is 0.252 e. The number of anilines is 1. The highest BCUT2D eigenvalue weighted by Crippen LogP contribution is 2.28. The lowest BCUT2D eigenvalue weighted by atomic mass is 10.2. The number of rotatable bonds is 7. The second-order valence-corrected chi connectivity index (χ2v) is 6.88. The first-order chi connectivity index (χ1) is 14.7. The number of aromatic nitrogens is 1. The Balaban J connectivity index is 1.52. The average Bonchev–Trinajstić information content (AvgIpc) is 2.81. The Morgan fingerprint density at radius 1 is 1.13 bits per heavy atom. The fraction of sp³-hybridized carbons (Fsp3) is 0.409. The zero-order valence-corrected chi connectivity index (χ0v) is 17.7. The number of nitrogens with zero attached hydrogens (tertiary/aromatic N) is 4. The predicted octanol–water partition coefficient (Wildman–Crippen LogP) is 1.61. The van der Waals surface area contributed by atoms with E-state index in [2.05, 4.69) is 38.4 Å². The van der Waals surface area contributed by atoms with Gasteiger partial charge in [0.15, 0.2) is 5.96 Å². The molecule has 2 N–H and O–H groups in total. The summed E-state index contributed by atoms with van der Waals surface area (Å²) in [7, 11) is 1.71. The fourth-order valence-electron chi connectivity index (χ4n) is 3.41. The lowest BCUT2D eigenvalue weighted by Gasteiger charge is -2.38. The van der Waals surface area contributed by atoms with Crippen molar-refractivity contribution in [3.63, 3.8) is 0 Å². The van der Waals surface area contributed by atoms with Crippen LogP contribution in [0.4, 0.5) is 5.69 Å². The number of hydrogen-bond donors (Lipinski definition) is 2. The van der Waals surface area contributed by atoms with Crippen LogP contribution in [0.25, 0.3) is 0 Å². The molecule has 1 amide bonds. The molecule has 0 atom stereocenters. The molecule has 0 bridgehead atoms. The minimum Gasteiger partial charge on any atom is -0.495 e. The molecule has 1 aromatic heterocycles. The minimum absolute atomic E-state index is 0.131. The summed E-state index contributed by atoms with van der Waals surface area (Å²) in [6, 6.07) is 11.6. The van der Waals surface area contributed by atoms with Crippen molar-refractivity contribution >= 4 is 17.6 Å². The normalized spacial score (nSPS) is 14.4. The van der Waals surface area contributed by atoms with Gasteiger partial charge in [-0.25, -0.2) is 0 Å². The molecule has 1 aliphatic rings. The standard InChI is InChI=1S/C22H30N6O2/c1-3-24-22(26-12-11-25-21(29)18-7-6-10-23-17-18)28-15-13-27(14-16-28)19-8-4-5-9-20(19)30-2/h4-10,17H,3,11-16H2,1-2H3,(H,24,26)(H,25,29). The lowest BCUT2D eigenvalue weighted by molar-refractivity contribution is 0.0954. The Bertz CT molecular complexity index is 835. The Hall–Kier alpha value is -3.29. The first-order valence-electron chi connectivity index (χ1n) is 10.3. The van der Waals surface area contributed by atoms with E-state index in [4.69, 9.17) is 9.73 Å². The number of ether oxygens (including phenoxy) is 1. The van der Waals surface area contributed by atoms with Crippen LogP contribution in [0.1, 0.15) is 17.3 Å². The van der Waals surface area contributed by atoms with E-state index < -0.39 is 0 Å². The molecule has 0 radical (unpaired) electrons. The number of piperazine rings is 1. The van der Waals surface area contributed by atoms with E-state index in [-0.39, 0.29) is 5.91 Å². The molecular formula is C22H30N6O2. The molecule has 8 nitrogen and oxygen atoms in total. The quantitative estimate of drug-likeness (QED) is 0.410. The van der Waals surface area contributed by atoms with Crippen molar-refractivity contribution in [2.24, 2.45) is 4.99 Å². The van der Waals surface area contributed by atoms with Gasteiger partial charge in [0.05, 0.1) is 24.9 Å². The third-order valence-corrected chi connectivity index (χ3v) is 4.92.